The average molecular weight is 283 g/mol. The van der Waals surface area contributed by atoms with Gasteiger partial charge in [0.1, 0.15) is 0 Å². The number of hydrogen-bond donors (Lipinski definition) is 2. The molecule has 1 aromatic heterocycles. The number of halogens is 3. The van der Waals surface area contributed by atoms with Gasteiger partial charge in [0.25, 0.3) is 0 Å². The molecule has 1 heterocycles. The zero-order valence-corrected chi connectivity index (χ0v) is 10.4. The van der Waals surface area contributed by atoms with Gasteiger partial charge in [0, 0.05) is 12.1 Å². The average Bonchev–Trinajstić information content (AvgIpc) is 2.44. The van der Waals surface area contributed by atoms with Crippen molar-refractivity contribution in [1.82, 2.24) is 10.2 Å². The van der Waals surface area contributed by atoms with Crippen LogP contribution in [0.4, 0.5) is 19.0 Å². The summed E-state index contributed by atoms with van der Waals surface area (Å²) in [4.78, 5) is 0. The summed E-state index contributed by atoms with van der Waals surface area (Å²) in [5.41, 5.74) is -0.420. The highest BCUT2D eigenvalue weighted by Crippen LogP contribution is 2.38. The molecule has 0 saturated heterocycles. The lowest BCUT2D eigenvalue weighted by molar-refractivity contribution is -0.137. The van der Waals surface area contributed by atoms with Gasteiger partial charge in [0.05, 0.1) is 18.4 Å². The van der Waals surface area contributed by atoms with Crippen molar-refractivity contribution in [1.29, 1.82) is 0 Å². The Balaban J connectivity index is 2.52. The summed E-state index contributed by atoms with van der Waals surface area (Å²) in [7, 11) is 0. The second-order valence-corrected chi connectivity index (χ2v) is 3.99. The van der Waals surface area contributed by atoms with Crippen LogP contribution in [0.1, 0.15) is 5.56 Å². The number of nitrogens with one attached hydrogen (secondary N) is 1. The molecule has 0 atom stereocenters. The van der Waals surface area contributed by atoms with Crippen LogP contribution in [0.2, 0.25) is 0 Å². The molecule has 0 radical (unpaired) electrons. The van der Waals surface area contributed by atoms with Gasteiger partial charge in [0.15, 0.2) is 5.82 Å². The van der Waals surface area contributed by atoms with Crippen LogP contribution < -0.4 is 5.32 Å². The fraction of sp³-hybridized carbons (Fsp3) is 0.231. The van der Waals surface area contributed by atoms with Crippen LogP contribution in [0.3, 0.4) is 0 Å². The molecule has 0 saturated carbocycles. The minimum Gasteiger partial charge on any atom is -0.395 e. The first-order chi connectivity index (χ1) is 9.54. The number of aliphatic hydroxyl groups excluding tert-OH is 1. The van der Waals surface area contributed by atoms with E-state index in [4.69, 9.17) is 5.11 Å². The van der Waals surface area contributed by atoms with E-state index in [1.54, 1.807) is 0 Å². The monoisotopic (exact) mass is 283 g/mol. The fourth-order valence-corrected chi connectivity index (χ4v) is 1.82. The Kier molecular flexibility index (Phi) is 4.19. The summed E-state index contributed by atoms with van der Waals surface area (Å²) in [5.74, 6) is 0.207. The van der Waals surface area contributed by atoms with Crippen molar-refractivity contribution >= 4 is 5.82 Å². The number of hydrogen-bond acceptors (Lipinski definition) is 4. The number of rotatable bonds is 4. The molecule has 0 aliphatic carbocycles. The van der Waals surface area contributed by atoms with E-state index in [2.05, 4.69) is 15.5 Å². The van der Waals surface area contributed by atoms with E-state index in [-0.39, 0.29) is 24.5 Å². The van der Waals surface area contributed by atoms with Crippen LogP contribution in [-0.4, -0.2) is 28.5 Å². The van der Waals surface area contributed by atoms with E-state index in [1.807, 2.05) is 0 Å². The highest BCUT2D eigenvalue weighted by Gasteiger charge is 2.33. The number of aliphatic hydroxyl groups is 1. The molecule has 20 heavy (non-hydrogen) atoms. The number of anilines is 1. The fourth-order valence-electron chi connectivity index (χ4n) is 1.82. The van der Waals surface area contributed by atoms with Crippen molar-refractivity contribution in [2.24, 2.45) is 0 Å². The van der Waals surface area contributed by atoms with Gasteiger partial charge >= 0.3 is 6.18 Å². The largest absolute Gasteiger partial charge is 0.417 e. The normalized spacial score (nSPS) is 11.4. The summed E-state index contributed by atoms with van der Waals surface area (Å²) < 4.78 is 39.1. The van der Waals surface area contributed by atoms with Crippen molar-refractivity contribution in [3.8, 4) is 11.1 Å². The third-order valence-electron chi connectivity index (χ3n) is 2.65. The number of aromatic nitrogens is 2. The van der Waals surface area contributed by atoms with E-state index in [0.717, 1.165) is 6.07 Å². The van der Waals surface area contributed by atoms with Gasteiger partial charge in [-0.1, -0.05) is 18.2 Å². The predicted octanol–water partition coefficient (Wildman–Crippen LogP) is 2.57. The molecule has 106 valence electrons. The Bertz CT molecular complexity index is 587. The Morgan fingerprint density at radius 1 is 1.10 bits per heavy atom. The second-order valence-electron chi connectivity index (χ2n) is 3.99. The molecule has 0 aliphatic heterocycles. The van der Waals surface area contributed by atoms with Gasteiger partial charge < -0.3 is 10.4 Å². The zero-order valence-electron chi connectivity index (χ0n) is 10.4. The van der Waals surface area contributed by atoms with Gasteiger partial charge in [0.2, 0.25) is 0 Å². The summed E-state index contributed by atoms with van der Waals surface area (Å²) in [6.45, 7) is 0.0246. The van der Waals surface area contributed by atoms with Crippen LogP contribution in [0, 0.1) is 0 Å². The third-order valence-corrected chi connectivity index (χ3v) is 2.65. The quantitative estimate of drug-likeness (QED) is 0.905. The lowest BCUT2D eigenvalue weighted by atomic mass is 10.0. The zero-order chi connectivity index (χ0) is 14.6. The van der Waals surface area contributed by atoms with Crippen LogP contribution in [0.25, 0.3) is 11.1 Å². The summed E-state index contributed by atoms with van der Waals surface area (Å²) >= 11 is 0. The third kappa shape index (κ3) is 3.05. The molecule has 2 rings (SSSR count). The summed E-state index contributed by atoms with van der Waals surface area (Å²) in [6, 6.07) is 6.72. The Hall–Kier alpha value is -2.15. The SMILES string of the molecule is OCCNc1nnccc1-c1ccccc1C(F)(F)F. The Morgan fingerprint density at radius 2 is 1.85 bits per heavy atom. The van der Waals surface area contributed by atoms with Gasteiger partial charge in [-0.05, 0) is 17.7 Å². The second kappa shape index (κ2) is 5.87. The van der Waals surface area contributed by atoms with E-state index < -0.39 is 11.7 Å². The molecule has 7 heteroatoms. The number of benzene rings is 1. The van der Waals surface area contributed by atoms with E-state index in [1.165, 1.54) is 30.5 Å². The van der Waals surface area contributed by atoms with Gasteiger partial charge in [-0.2, -0.15) is 18.3 Å². The molecule has 2 N–H and O–H groups in total. The van der Waals surface area contributed by atoms with Gasteiger partial charge in [-0.25, -0.2) is 0 Å². The molecule has 0 bridgehead atoms. The summed E-state index contributed by atoms with van der Waals surface area (Å²) in [6.07, 6.45) is -3.12. The van der Waals surface area contributed by atoms with Crippen LogP contribution >= 0.6 is 0 Å². The van der Waals surface area contributed by atoms with Crippen LogP contribution in [0.5, 0.6) is 0 Å². The number of nitrogens with zero attached hydrogens (tertiary/aromatic N) is 2. The Morgan fingerprint density at radius 3 is 2.55 bits per heavy atom. The van der Waals surface area contributed by atoms with Gasteiger partial charge in [-0.15, -0.1) is 5.10 Å². The molecule has 0 amide bonds. The maximum Gasteiger partial charge on any atom is 0.417 e. The molecule has 0 spiro atoms. The highest BCUT2D eigenvalue weighted by atomic mass is 19.4. The molecule has 4 nitrogen and oxygen atoms in total. The lowest BCUT2D eigenvalue weighted by Crippen LogP contribution is -2.11. The van der Waals surface area contributed by atoms with Crippen LogP contribution in [0.15, 0.2) is 36.5 Å². The Labute approximate surface area is 113 Å². The molecule has 2 aromatic rings. The molecule has 0 fully saturated rings. The minimum absolute atomic E-state index is 0.0235. The first-order valence-electron chi connectivity index (χ1n) is 5.87. The molecule has 1 aromatic carbocycles. The van der Waals surface area contributed by atoms with E-state index >= 15 is 0 Å². The standard InChI is InChI=1S/C13H12F3N3O/c14-13(15,16)11-4-2-1-3-9(11)10-5-6-18-19-12(10)17-7-8-20/h1-6,20H,7-8H2,(H,17,19). The van der Waals surface area contributed by atoms with Crippen molar-refractivity contribution in [3.63, 3.8) is 0 Å². The van der Waals surface area contributed by atoms with Crippen molar-refractivity contribution in [3.05, 3.63) is 42.1 Å². The maximum atomic E-state index is 13.0. The van der Waals surface area contributed by atoms with Crippen molar-refractivity contribution < 1.29 is 18.3 Å². The predicted molar refractivity (Wildman–Crippen MR) is 68.0 cm³/mol. The molecular weight excluding hydrogens is 271 g/mol. The first-order valence-corrected chi connectivity index (χ1v) is 5.87. The van der Waals surface area contributed by atoms with Crippen molar-refractivity contribution in [2.45, 2.75) is 6.18 Å². The van der Waals surface area contributed by atoms with Crippen molar-refractivity contribution in [2.75, 3.05) is 18.5 Å². The molecule has 0 aliphatic rings. The first kappa shape index (κ1) is 14.3. The van der Waals surface area contributed by atoms with Gasteiger partial charge in [-0.3, -0.25) is 0 Å². The summed E-state index contributed by atoms with van der Waals surface area (Å²) in [5, 5.41) is 18.9. The van der Waals surface area contributed by atoms with E-state index in [9.17, 15) is 13.2 Å². The minimum atomic E-state index is -4.45. The smallest absolute Gasteiger partial charge is 0.395 e. The topological polar surface area (TPSA) is 58.0 Å². The van der Waals surface area contributed by atoms with Crippen LogP contribution in [-0.2, 0) is 6.18 Å². The maximum absolute atomic E-state index is 13.0. The molecular formula is C13H12F3N3O. The lowest BCUT2D eigenvalue weighted by Gasteiger charge is -2.15. The highest BCUT2D eigenvalue weighted by molar-refractivity contribution is 5.77. The molecule has 0 unspecified atom stereocenters. The number of alkyl halides is 3. The van der Waals surface area contributed by atoms with E-state index in [0.29, 0.717) is 5.56 Å².